The number of nitrogens with one attached hydrogen (secondary N) is 1. The maximum absolute atomic E-state index is 13.2. The first kappa shape index (κ1) is 25.4. The van der Waals surface area contributed by atoms with Crippen LogP contribution in [0.1, 0.15) is 36.8 Å². The summed E-state index contributed by atoms with van der Waals surface area (Å²) in [7, 11) is 0. The number of rotatable bonds is 5. The van der Waals surface area contributed by atoms with Gasteiger partial charge in [0.25, 0.3) is 0 Å². The van der Waals surface area contributed by atoms with Crippen molar-refractivity contribution in [2.45, 2.75) is 38.8 Å². The number of aromatic nitrogens is 1. The molecule has 0 spiro atoms. The lowest BCUT2D eigenvalue weighted by Crippen LogP contribution is -2.51. The van der Waals surface area contributed by atoms with Crippen LogP contribution in [0.25, 0.3) is 10.9 Å². The number of alkyl halides is 3. The van der Waals surface area contributed by atoms with Gasteiger partial charge in [0.05, 0.1) is 11.1 Å². The molecule has 0 bridgehead atoms. The van der Waals surface area contributed by atoms with Crippen LogP contribution in [0.2, 0.25) is 0 Å². The van der Waals surface area contributed by atoms with Gasteiger partial charge in [-0.3, -0.25) is 9.78 Å². The third-order valence-electron chi connectivity index (χ3n) is 7.89. The number of pyridine rings is 1. The number of hydrogen-bond acceptors (Lipinski definition) is 4. The molecule has 0 atom stereocenters. The zero-order chi connectivity index (χ0) is 26.0. The molecule has 1 amide bonds. The van der Waals surface area contributed by atoms with Crippen molar-refractivity contribution >= 4 is 28.2 Å². The van der Waals surface area contributed by atoms with E-state index in [1.54, 1.807) is 12.3 Å². The van der Waals surface area contributed by atoms with Crippen LogP contribution < -0.4 is 10.2 Å². The molecule has 1 saturated carbocycles. The van der Waals surface area contributed by atoms with E-state index >= 15 is 0 Å². The number of nitrogens with zero attached hydrogens (tertiary/aromatic N) is 3. The van der Waals surface area contributed by atoms with Gasteiger partial charge in [-0.15, -0.1) is 0 Å². The third-order valence-corrected chi connectivity index (χ3v) is 7.89. The molecule has 2 fully saturated rings. The van der Waals surface area contributed by atoms with Crippen molar-refractivity contribution < 1.29 is 18.0 Å². The van der Waals surface area contributed by atoms with E-state index in [1.165, 1.54) is 17.3 Å². The van der Waals surface area contributed by atoms with Crippen LogP contribution in [-0.4, -0.2) is 48.5 Å². The minimum Gasteiger partial charge on any atom is -0.384 e. The molecule has 37 heavy (non-hydrogen) atoms. The summed E-state index contributed by atoms with van der Waals surface area (Å²) >= 11 is 0. The monoisotopic (exact) mass is 510 g/mol. The Morgan fingerprint density at radius 3 is 2.43 bits per heavy atom. The fourth-order valence-corrected chi connectivity index (χ4v) is 5.69. The highest BCUT2D eigenvalue weighted by atomic mass is 19.4. The molecule has 2 heterocycles. The van der Waals surface area contributed by atoms with Crippen molar-refractivity contribution in [1.29, 1.82) is 0 Å². The van der Waals surface area contributed by atoms with Crippen LogP contribution in [-0.2, 0) is 11.0 Å². The van der Waals surface area contributed by atoms with Crippen molar-refractivity contribution in [3.63, 3.8) is 0 Å². The second-order valence-corrected chi connectivity index (χ2v) is 10.3. The van der Waals surface area contributed by atoms with E-state index in [0.29, 0.717) is 16.8 Å². The van der Waals surface area contributed by atoms with Gasteiger partial charge in [-0.05, 0) is 68.4 Å². The van der Waals surface area contributed by atoms with E-state index in [4.69, 9.17) is 0 Å². The Bertz CT molecular complexity index is 1250. The number of fused-ring (bicyclic) bond motifs is 1. The summed E-state index contributed by atoms with van der Waals surface area (Å²) in [6.45, 7) is 6.11. The molecule has 2 aliphatic rings. The Labute approximate surface area is 215 Å². The number of amides is 1. The maximum Gasteiger partial charge on any atom is 0.416 e. The Balaban J connectivity index is 1.11. The summed E-state index contributed by atoms with van der Waals surface area (Å²) in [5.41, 5.74) is 2.95. The molecule has 5 rings (SSSR count). The summed E-state index contributed by atoms with van der Waals surface area (Å²) < 4.78 is 39.1. The zero-order valence-corrected chi connectivity index (χ0v) is 21.1. The predicted octanol–water partition coefficient (Wildman–Crippen LogP) is 6.13. The molecule has 5 nitrogen and oxygen atoms in total. The lowest BCUT2D eigenvalue weighted by molar-refractivity contribution is -0.138. The topological polar surface area (TPSA) is 48.5 Å². The van der Waals surface area contributed by atoms with E-state index < -0.39 is 11.7 Å². The molecule has 1 aromatic heterocycles. The lowest BCUT2D eigenvalue weighted by Gasteiger charge is -2.39. The number of hydrogen-bond donors (Lipinski definition) is 1. The van der Waals surface area contributed by atoms with Crippen LogP contribution in [0.5, 0.6) is 0 Å². The molecule has 3 aromatic rings. The Morgan fingerprint density at radius 1 is 1.00 bits per heavy atom. The highest BCUT2D eigenvalue weighted by Crippen LogP contribution is 2.34. The Kier molecular flexibility index (Phi) is 7.26. The summed E-state index contributed by atoms with van der Waals surface area (Å²) in [5.74, 6) is 0.805. The van der Waals surface area contributed by atoms with Gasteiger partial charge < -0.3 is 15.1 Å². The number of carbonyl (C=O) groups excluding carboxylic acids is 1. The van der Waals surface area contributed by atoms with Crippen LogP contribution >= 0.6 is 0 Å². The van der Waals surface area contributed by atoms with Crippen molar-refractivity contribution in [3.05, 3.63) is 65.9 Å². The second kappa shape index (κ2) is 10.6. The van der Waals surface area contributed by atoms with Gasteiger partial charge in [-0.2, -0.15) is 13.2 Å². The van der Waals surface area contributed by atoms with Crippen LogP contribution in [0.4, 0.5) is 24.5 Å². The molecular weight excluding hydrogens is 477 g/mol. The molecule has 0 radical (unpaired) electrons. The van der Waals surface area contributed by atoms with E-state index in [1.807, 2.05) is 4.90 Å². The van der Waals surface area contributed by atoms with Crippen molar-refractivity contribution in [2.75, 3.05) is 42.9 Å². The molecule has 8 heteroatoms. The number of carbonyl (C=O) groups is 1. The minimum atomic E-state index is -4.39. The first-order valence-electron chi connectivity index (χ1n) is 13.1. The summed E-state index contributed by atoms with van der Waals surface area (Å²) in [4.78, 5) is 21.7. The minimum absolute atomic E-state index is 0.0869. The number of halogens is 3. The SMILES string of the molecule is Cc1ccccc1N1CCN(C(=O)[C@H]2CC[C@H](CNc3ccnc4cc(C(F)(F)F)ccc34)CC2)CC1. The number of benzene rings is 2. The summed E-state index contributed by atoms with van der Waals surface area (Å²) in [6, 6.07) is 13.9. The van der Waals surface area contributed by atoms with Gasteiger partial charge in [-0.1, -0.05) is 24.3 Å². The first-order chi connectivity index (χ1) is 17.8. The fourth-order valence-electron chi connectivity index (χ4n) is 5.69. The molecule has 2 aromatic carbocycles. The van der Waals surface area contributed by atoms with Gasteiger partial charge in [0.15, 0.2) is 0 Å². The van der Waals surface area contributed by atoms with Gasteiger partial charge in [0, 0.05) is 61.6 Å². The molecular formula is C29H33F3N4O. The highest BCUT2D eigenvalue weighted by Gasteiger charge is 2.32. The first-order valence-corrected chi connectivity index (χ1v) is 13.1. The molecule has 196 valence electrons. The van der Waals surface area contributed by atoms with Crippen molar-refractivity contribution in [3.8, 4) is 0 Å². The largest absolute Gasteiger partial charge is 0.416 e. The zero-order valence-electron chi connectivity index (χ0n) is 21.1. The number of aryl methyl sites for hydroxylation is 1. The average molecular weight is 511 g/mol. The Morgan fingerprint density at radius 2 is 1.73 bits per heavy atom. The van der Waals surface area contributed by atoms with Gasteiger partial charge in [-0.25, -0.2) is 0 Å². The summed E-state index contributed by atoms with van der Waals surface area (Å²) in [6.07, 6.45) is 0.856. The fraction of sp³-hybridized carbons (Fsp3) is 0.448. The molecule has 0 unspecified atom stereocenters. The van der Waals surface area contributed by atoms with Crippen LogP contribution in [0.3, 0.4) is 0 Å². The quantitative estimate of drug-likeness (QED) is 0.449. The lowest BCUT2D eigenvalue weighted by atomic mass is 9.81. The maximum atomic E-state index is 13.2. The standard InChI is InChI=1S/C29H33F3N4O/c1-20-4-2-3-5-27(20)35-14-16-36(17-15-35)28(37)22-8-6-21(7-9-22)19-34-25-12-13-33-26-18-23(29(30,31)32)10-11-24(25)26/h2-5,10-13,18,21-22H,6-9,14-17,19H2,1H3,(H,33,34)/t21-,22-. The normalized spacial score (nSPS) is 20.8. The van der Waals surface area contributed by atoms with E-state index in [-0.39, 0.29) is 11.8 Å². The average Bonchev–Trinajstić information content (AvgIpc) is 2.91. The van der Waals surface area contributed by atoms with E-state index in [0.717, 1.165) is 76.2 Å². The summed E-state index contributed by atoms with van der Waals surface area (Å²) in [5, 5.41) is 4.11. The van der Waals surface area contributed by atoms with E-state index in [2.05, 4.69) is 46.4 Å². The van der Waals surface area contributed by atoms with Crippen LogP contribution in [0.15, 0.2) is 54.7 Å². The van der Waals surface area contributed by atoms with E-state index in [9.17, 15) is 18.0 Å². The highest BCUT2D eigenvalue weighted by molar-refractivity contribution is 5.91. The predicted molar refractivity (Wildman–Crippen MR) is 141 cm³/mol. The van der Waals surface area contributed by atoms with Crippen molar-refractivity contribution in [1.82, 2.24) is 9.88 Å². The van der Waals surface area contributed by atoms with Crippen LogP contribution in [0, 0.1) is 18.8 Å². The second-order valence-electron chi connectivity index (χ2n) is 10.3. The van der Waals surface area contributed by atoms with Gasteiger partial charge in [0.1, 0.15) is 0 Å². The molecule has 1 aliphatic heterocycles. The Hall–Kier alpha value is -3.29. The number of anilines is 2. The molecule has 1 saturated heterocycles. The number of piperazine rings is 1. The molecule has 1 N–H and O–H groups in total. The molecule has 1 aliphatic carbocycles. The van der Waals surface area contributed by atoms with Gasteiger partial charge >= 0.3 is 6.18 Å². The smallest absolute Gasteiger partial charge is 0.384 e. The van der Waals surface area contributed by atoms with Crippen molar-refractivity contribution in [2.24, 2.45) is 11.8 Å². The van der Waals surface area contributed by atoms with Gasteiger partial charge in [0.2, 0.25) is 5.91 Å². The third kappa shape index (κ3) is 5.68. The number of para-hydroxylation sites is 1.